The van der Waals surface area contributed by atoms with Crippen LogP contribution in [0.1, 0.15) is 19.4 Å². The van der Waals surface area contributed by atoms with E-state index in [2.05, 4.69) is 0 Å². The van der Waals surface area contributed by atoms with Gasteiger partial charge in [0.05, 0.1) is 24.9 Å². The van der Waals surface area contributed by atoms with Crippen molar-refractivity contribution >= 4 is 35.2 Å². The van der Waals surface area contributed by atoms with Crippen LogP contribution in [0.15, 0.2) is 59.3 Å². The van der Waals surface area contributed by atoms with Crippen molar-refractivity contribution in [2.24, 2.45) is 0 Å². The fourth-order valence-electron chi connectivity index (χ4n) is 3.16. The maximum Gasteiger partial charge on any atom is 0.340 e. The van der Waals surface area contributed by atoms with Crippen molar-refractivity contribution in [1.82, 2.24) is 0 Å². The normalized spacial score (nSPS) is 15.2. The van der Waals surface area contributed by atoms with E-state index in [1.54, 1.807) is 56.3 Å². The molecule has 0 spiro atoms. The van der Waals surface area contributed by atoms with Crippen LogP contribution < -0.4 is 9.64 Å². The van der Waals surface area contributed by atoms with Gasteiger partial charge < -0.3 is 14.6 Å². The number of esters is 1. The molecule has 0 unspecified atom stereocenters. The minimum atomic E-state index is -0.640. The van der Waals surface area contributed by atoms with Crippen molar-refractivity contribution < 1.29 is 24.2 Å². The quantitative estimate of drug-likeness (QED) is 0.583. The predicted molar refractivity (Wildman–Crippen MR) is 111 cm³/mol. The number of nitrogens with zero attached hydrogens (tertiary/aromatic N) is 1. The van der Waals surface area contributed by atoms with Crippen molar-refractivity contribution in [3.63, 3.8) is 0 Å². The molecule has 0 radical (unpaired) electrons. The van der Waals surface area contributed by atoms with Crippen LogP contribution in [0.5, 0.6) is 11.5 Å². The number of allylic oxidation sites excluding steroid dienone is 1. The summed E-state index contributed by atoms with van der Waals surface area (Å²) in [6.45, 7) is 3.84. The second-order valence-electron chi connectivity index (χ2n) is 6.25. The summed E-state index contributed by atoms with van der Waals surface area (Å²) >= 11 is 5.95. The lowest BCUT2D eigenvalue weighted by Gasteiger charge is -2.18. The Bertz CT molecular complexity index is 1020. The fraction of sp³-hybridized carbons (Fsp3) is 0.182. The second-order valence-corrected chi connectivity index (χ2v) is 6.69. The summed E-state index contributed by atoms with van der Waals surface area (Å²) in [5, 5.41) is 11.0. The minimum Gasteiger partial charge on any atom is -0.504 e. The second kappa shape index (κ2) is 8.41. The Hall–Kier alpha value is -3.25. The largest absolute Gasteiger partial charge is 0.504 e. The molecule has 3 rings (SSSR count). The summed E-state index contributed by atoms with van der Waals surface area (Å²) in [5.41, 5.74) is 1.60. The summed E-state index contributed by atoms with van der Waals surface area (Å²) in [5.74, 6) is -0.867. The van der Waals surface area contributed by atoms with Gasteiger partial charge in [0.25, 0.3) is 5.91 Å². The molecule has 0 aliphatic carbocycles. The summed E-state index contributed by atoms with van der Waals surface area (Å²) in [6.07, 6.45) is 1.46. The van der Waals surface area contributed by atoms with E-state index in [-0.39, 0.29) is 16.9 Å². The average molecular weight is 414 g/mol. The Morgan fingerprint density at radius 1 is 1.21 bits per heavy atom. The number of methoxy groups -OCH3 is 1. The molecular formula is C22H20ClNO5. The number of benzene rings is 2. The maximum atomic E-state index is 13.2. The zero-order chi connectivity index (χ0) is 21.1. The van der Waals surface area contributed by atoms with E-state index < -0.39 is 11.9 Å². The number of ether oxygens (including phenoxy) is 2. The van der Waals surface area contributed by atoms with Crippen molar-refractivity contribution in [2.75, 3.05) is 18.6 Å². The third-order valence-corrected chi connectivity index (χ3v) is 4.76. The number of hydrogen-bond acceptors (Lipinski definition) is 5. The topological polar surface area (TPSA) is 76.1 Å². The molecule has 6 nitrogen and oxygen atoms in total. The zero-order valence-electron chi connectivity index (χ0n) is 16.2. The molecule has 150 valence electrons. The van der Waals surface area contributed by atoms with Crippen LogP contribution in [-0.2, 0) is 14.3 Å². The van der Waals surface area contributed by atoms with Crippen LogP contribution in [0.2, 0.25) is 5.02 Å². The number of aromatic hydroxyl groups is 1. The first-order valence-electron chi connectivity index (χ1n) is 8.95. The molecule has 0 bridgehead atoms. The highest BCUT2D eigenvalue weighted by Crippen LogP contribution is 2.38. The van der Waals surface area contributed by atoms with E-state index in [9.17, 15) is 14.7 Å². The van der Waals surface area contributed by atoms with E-state index in [0.717, 1.165) is 0 Å². The number of rotatable bonds is 5. The van der Waals surface area contributed by atoms with Crippen molar-refractivity contribution in [2.45, 2.75) is 13.8 Å². The molecule has 29 heavy (non-hydrogen) atoms. The lowest BCUT2D eigenvalue weighted by atomic mass is 10.0. The summed E-state index contributed by atoms with van der Waals surface area (Å²) in [4.78, 5) is 27.1. The van der Waals surface area contributed by atoms with Gasteiger partial charge in [-0.05, 0) is 50.3 Å². The van der Waals surface area contributed by atoms with Crippen LogP contribution in [0, 0.1) is 0 Å². The number of carbonyl (C=O) groups is 2. The smallest absolute Gasteiger partial charge is 0.340 e. The number of halogens is 1. The molecular weight excluding hydrogens is 394 g/mol. The van der Waals surface area contributed by atoms with Crippen molar-refractivity contribution in [3.05, 3.63) is 69.9 Å². The van der Waals surface area contributed by atoms with Gasteiger partial charge in [-0.1, -0.05) is 23.7 Å². The number of hydrogen-bond donors (Lipinski definition) is 1. The first kappa shape index (κ1) is 20.5. The molecule has 1 N–H and O–H groups in total. The molecule has 0 saturated carbocycles. The molecule has 1 aliphatic heterocycles. The molecule has 1 aliphatic rings. The highest BCUT2D eigenvalue weighted by Gasteiger charge is 2.38. The van der Waals surface area contributed by atoms with Crippen LogP contribution in [0.25, 0.3) is 6.08 Å². The number of amides is 1. The van der Waals surface area contributed by atoms with E-state index in [1.165, 1.54) is 18.1 Å². The van der Waals surface area contributed by atoms with E-state index >= 15 is 0 Å². The van der Waals surface area contributed by atoms with Gasteiger partial charge in [0, 0.05) is 22.0 Å². The Balaban J connectivity index is 2.14. The predicted octanol–water partition coefficient (Wildman–Crippen LogP) is 4.32. The summed E-state index contributed by atoms with van der Waals surface area (Å²) < 4.78 is 10.3. The molecule has 0 aromatic heterocycles. The van der Waals surface area contributed by atoms with Gasteiger partial charge in [-0.25, -0.2) is 4.79 Å². The fourth-order valence-corrected chi connectivity index (χ4v) is 3.29. The number of carbonyl (C=O) groups excluding carboxylic acids is 2. The van der Waals surface area contributed by atoms with Crippen LogP contribution in [0.3, 0.4) is 0 Å². The van der Waals surface area contributed by atoms with Gasteiger partial charge >= 0.3 is 5.97 Å². The number of anilines is 1. The molecule has 7 heteroatoms. The molecule has 0 saturated heterocycles. The van der Waals surface area contributed by atoms with Gasteiger partial charge in [-0.2, -0.15) is 0 Å². The third kappa shape index (κ3) is 3.84. The lowest BCUT2D eigenvalue weighted by Crippen LogP contribution is -2.24. The molecule has 2 aromatic carbocycles. The van der Waals surface area contributed by atoms with E-state index in [0.29, 0.717) is 34.3 Å². The van der Waals surface area contributed by atoms with Gasteiger partial charge in [0.2, 0.25) is 0 Å². The van der Waals surface area contributed by atoms with Crippen LogP contribution >= 0.6 is 11.6 Å². The maximum absolute atomic E-state index is 13.2. The summed E-state index contributed by atoms with van der Waals surface area (Å²) in [7, 11) is 1.25. The third-order valence-electron chi connectivity index (χ3n) is 4.50. The van der Waals surface area contributed by atoms with E-state index in [4.69, 9.17) is 21.1 Å². The van der Waals surface area contributed by atoms with Crippen molar-refractivity contribution in [1.29, 1.82) is 0 Å². The first-order chi connectivity index (χ1) is 13.9. The minimum absolute atomic E-state index is 0.110. The Morgan fingerprint density at radius 3 is 2.52 bits per heavy atom. The van der Waals surface area contributed by atoms with Gasteiger partial charge in [0.15, 0.2) is 11.5 Å². The standard InChI is InChI=1S/C22H20ClNO5/c1-4-29-18-7-5-6-14(20(18)25)12-17-19(22(27)28-3)13(2)24(21(17)26)16-10-8-15(23)9-11-16/h5-12,25H,4H2,1-3H3/b17-12-. The average Bonchev–Trinajstić information content (AvgIpc) is 2.95. The van der Waals surface area contributed by atoms with Crippen LogP contribution in [0.4, 0.5) is 5.69 Å². The van der Waals surface area contributed by atoms with Gasteiger partial charge in [-0.3, -0.25) is 9.69 Å². The Labute approximate surface area is 173 Å². The lowest BCUT2D eigenvalue weighted by molar-refractivity contribution is -0.136. The van der Waals surface area contributed by atoms with Gasteiger partial charge in [0.1, 0.15) is 0 Å². The molecule has 0 fully saturated rings. The Morgan fingerprint density at radius 2 is 1.90 bits per heavy atom. The Kier molecular flexibility index (Phi) is 5.94. The highest BCUT2D eigenvalue weighted by atomic mass is 35.5. The van der Waals surface area contributed by atoms with Gasteiger partial charge in [-0.15, -0.1) is 0 Å². The number of phenolic OH excluding ortho intramolecular Hbond substituents is 1. The molecule has 1 amide bonds. The highest BCUT2D eigenvalue weighted by molar-refractivity contribution is 6.30. The summed E-state index contributed by atoms with van der Waals surface area (Å²) in [6, 6.07) is 11.7. The number of para-hydroxylation sites is 1. The number of phenols is 1. The van der Waals surface area contributed by atoms with Crippen molar-refractivity contribution in [3.8, 4) is 11.5 Å². The first-order valence-corrected chi connectivity index (χ1v) is 9.32. The SMILES string of the molecule is CCOc1cccc(/C=C2\C(=O)N(c3ccc(Cl)cc3)C(C)=C2C(=O)OC)c1O. The molecule has 1 heterocycles. The van der Waals surface area contributed by atoms with E-state index in [1.807, 2.05) is 0 Å². The van der Waals surface area contributed by atoms with Crippen LogP contribution in [-0.4, -0.2) is 30.7 Å². The molecule has 0 atom stereocenters. The molecule has 2 aromatic rings. The monoisotopic (exact) mass is 413 g/mol. The zero-order valence-corrected chi connectivity index (χ0v) is 17.0.